The van der Waals surface area contributed by atoms with Crippen molar-refractivity contribution in [3.8, 4) is 5.75 Å². The van der Waals surface area contributed by atoms with Crippen LogP contribution >= 0.6 is 15.9 Å². The molecule has 1 aliphatic rings. The average molecular weight is 390 g/mol. The molecule has 0 radical (unpaired) electrons. The van der Waals surface area contributed by atoms with Gasteiger partial charge in [0.05, 0.1) is 11.6 Å². The summed E-state index contributed by atoms with van der Waals surface area (Å²) in [4.78, 5) is 15.2. The molecule has 0 amide bonds. The molecular weight excluding hydrogens is 366 g/mol. The maximum Gasteiger partial charge on any atom is 0.168 e. The Morgan fingerprint density at radius 3 is 2.50 bits per heavy atom. The van der Waals surface area contributed by atoms with E-state index in [1.165, 1.54) is 12.8 Å². The number of pyridine rings is 1. The second kappa shape index (κ2) is 6.83. The standard InChI is InChI=1S/C20H24BrNO2/c1-20(2,3)13-4-6-15(7-5-13)24-16-8-9-19-17(11-16)18(21)10-14(12-23)22-19/h8-13,15H,4-7H2,1-3H3/t13-,15-. The molecule has 128 valence electrons. The van der Waals surface area contributed by atoms with Crippen molar-refractivity contribution in [2.45, 2.75) is 52.6 Å². The van der Waals surface area contributed by atoms with Gasteiger partial charge in [0.15, 0.2) is 6.29 Å². The summed E-state index contributed by atoms with van der Waals surface area (Å²) in [7, 11) is 0. The highest BCUT2D eigenvalue weighted by Crippen LogP contribution is 2.39. The van der Waals surface area contributed by atoms with Crippen LogP contribution in [0.25, 0.3) is 10.9 Å². The van der Waals surface area contributed by atoms with Gasteiger partial charge >= 0.3 is 0 Å². The Kier molecular flexibility index (Phi) is 4.95. The van der Waals surface area contributed by atoms with E-state index in [1.54, 1.807) is 6.07 Å². The summed E-state index contributed by atoms with van der Waals surface area (Å²) in [5.41, 5.74) is 1.62. The van der Waals surface area contributed by atoms with E-state index in [4.69, 9.17) is 4.74 Å². The third-order valence-electron chi connectivity index (χ3n) is 5.07. The van der Waals surface area contributed by atoms with Crippen LogP contribution in [0.3, 0.4) is 0 Å². The summed E-state index contributed by atoms with van der Waals surface area (Å²) in [5.74, 6) is 1.66. The Bertz CT molecular complexity index is 743. The van der Waals surface area contributed by atoms with Gasteiger partial charge in [0.1, 0.15) is 11.4 Å². The molecule has 1 heterocycles. The summed E-state index contributed by atoms with van der Waals surface area (Å²) in [6.07, 6.45) is 5.75. The van der Waals surface area contributed by atoms with Crippen LogP contribution in [0.1, 0.15) is 56.9 Å². The maximum atomic E-state index is 10.9. The van der Waals surface area contributed by atoms with Crippen molar-refractivity contribution >= 4 is 33.1 Å². The molecule has 1 aromatic heterocycles. The van der Waals surface area contributed by atoms with Gasteiger partial charge < -0.3 is 4.74 Å². The number of carbonyl (C=O) groups is 1. The van der Waals surface area contributed by atoms with Crippen molar-refractivity contribution < 1.29 is 9.53 Å². The molecule has 0 spiro atoms. The van der Waals surface area contributed by atoms with Gasteiger partial charge in [0, 0.05) is 9.86 Å². The summed E-state index contributed by atoms with van der Waals surface area (Å²) in [6, 6.07) is 7.62. The van der Waals surface area contributed by atoms with E-state index in [9.17, 15) is 4.79 Å². The van der Waals surface area contributed by atoms with Crippen LogP contribution in [0.2, 0.25) is 0 Å². The summed E-state index contributed by atoms with van der Waals surface area (Å²) in [5, 5.41) is 0.974. The SMILES string of the molecule is CC(C)(C)[C@H]1CC[C@H](Oc2ccc3nc(C=O)cc(Br)c3c2)CC1. The smallest absolute Gasteiger partial charge is 0.168 e. The highest BCUT2D eigenvalue weighted by molar-refractivity contribution is 9.10. The molecule has 0 bridgehead atoms. The summed E-state index contributed by atoms with van der Waals surface area (Å²) in [6.45, 7) is 7.00. The largest absolute Gasteiger partial charge is 0.490 e. The second-order valence-electron chi connectivity index (χ2n) is 7.78. The topological polar surface area (TPSA) is 39.2 Å². The number of nitrogens with zero attached hydrogens (tertiary/aromatic N) is 1. The lowest BCUT2D eigenvalue weighted by molar-refractivity contribution is 0.0883. The number of hydrogen-bond donors (Lipinski definition) is 0. The Balaban J connectivity index is 1.72. The van der Waals surface area contributed by atoms with Crippen LogP contribution in [0, 0.1) is 11.3 Å². The first-order valence-corrected chi connectivity index (χ1v) is 9.38. The molecule has 0 aliphatic heterocycles. The zero-order valence-corrected chi connectivity index (χ0v) is 16.1. The zero-order chi connectivity index (χ0) is 17.3. The molecule has 1 fully saturated rings. The molecule has 1 saturated carbocycles. The van der Waals surface area contributed by atoms with Crippen LogP contribution < -0.4 is 4.74 Å². The molecule has 3 rings (SSSR count). The first-order valence-electron chi connectivity index (χ1n) is 8.59. The van der Waals surface area contributed by atoms with Gasteiger partial charge in [-0.3, -0.25) is 4.79 Å². The predicted molar refractivity (Wildman–Crippen MR) is 101 cm³/mol. The number of carbonyl (C=O) groups excluding carboxylic acids is 1. The van der Waals surface area contributed by atoms with Gasteiger partial charge in [0.2, 0.25) is 0 Å². The Hall–Kier alpha value is -1.42. The van der Waals surface area contributed by atoms with E-state index < -0.39 is 0 Å². The number of aldehydes is 1. The van der Waals surface area contributed by atoms with E-state index in [0.717, 1.165) is 46.2 Å². The van der Waals surface area contributed by atoms with Crippen LogP contribution in [-0.2, 0) is 0 Å². The molecule has 1 aromatic carbocycles. The molecule has 1 aliphatic carbocycles. The lowest BCUT2D eigenvalue weighted by Crippen LogP contribution is -2.30. The molecule has 24 heavy (non-hydrogen) atoms. The fraction of sp³-hybridized carbons (Fsp3) is 0.500. The number of ether oxygens (including phenoxy) is 1. The minimum absolute atomic E-state index is 0.294. The summed E-state index contributed by atoms with van der Waals surface area (Å²) >= 11 is 3.52. The molecular formula is C20H24BrNO2. The molecule has 4 heteroatoms. The third-order valence-corrected chi connectivity index (χ3v) is 5.73. The van der Waals surface area contributed by atoms with Crippen molar-refractivity contribution in [2.24, 2.45) is 11.3 Å². The maximum absolute atomic E-state index is 10.9. The molecule has 3 nitrogen and oxygen atoms in total. The normalized spacial score (nSPS) is 21.7. The van der Waals surface area contributed by atoms with E-state index in [-0.39, 0.29) is 0 Å². The lowest BCUT2D eigenvalue weighted by atomic mass is 9.72. The third kappa shape index (κ3) is 3.80. The van der Waals surface area contributed by atoms with Gasteiger partial charge in [-0.15, -0.1) is 0 Å². The summed E-state index contributed by atoms with van der Waals surface area (Å²) < 4.78 is 7.09. The lowest BCUT2D eigenvalue weighted by Gasteiger charge is -2.36. The molecule has 2 aromatic rings. The number of aromatic nitrogens is 1. The van der Waals surface area contributed by atoms with Crippen LogP contribution in [0.4, 0.5) is 0 Å². The van der Waals surface area contributed by atoms with Crippen molar-refractivity contribution in [1.29, 1.82) is 0 Å². The molecule has 0 unspecified atom stereocenters. The monoisotopic (exact) mass is 389 g/mol. The van der Waals surface area contributed by atoms with E-state index in [0.29, 0.717) is 17.2 Å². The van der Waals surface area contributed by atoms with Crippen molar-refractivity contribution in [2.75, 3.05) is 0 Å². The Morgan fingerprint density at radius 1 is 1.17 bits per heavy atom. The fourth-order valence-electron chi connectivity index (χ4n) is 3.56. The highest BCUT2D eigenvalue weighted by atomic mass is 79.9. The molecule has 0 atom stereocenters. The quantitative estimate of drug-likeness (QED) is 0.623. The predicted octanol–water partition coefficient (Wildman–Crippen LogP) is 5.79. The van der Waals surface area contributed by atoms with Gasteiger partial charge in [-0.1, -0.05) is 36.7 Å². The van der Waals surface area contributed by atoms with Crippen LogP contribution in [-0.4, -0.2) is 17.4 Å². The second-order valence-corrected chi connectivity index (χ2v) is 8.64. The Labute approximate surface area is 151 Å². The molecule has 0 saturated heterocycles. The number of hydrogen-bond acceptors (Lipinski definition) is 3. The number of benzene rings is 1. The number of fused-ring (bicyclic) bond motifs is 1. The number of halogens is 1. The minimum Gasteiger partial charge on any atom is -0.490 e. The average Bonchev–Trinajstić information content (AvgIpc) is 2.55. The van der Waals surface area contributed by atoms with Gasteiger partial charge in [-0.2, -0.15) is 0 Å². The minimum atomic E-state index is 0.294. The first-order chi connectivity index (χ1) is 11.4. The van der Waals surface area contributed by atoms with E-state index in [2.05, 4.69) is 41.7 Å². The Morgan fingerprint density at radius 2 is 1.88 bits per heavy atom. The van der Waals surface area contributed by atoms with Crippen molar-refractivity contribution in [3.63, 3.8) is 0 Å². The van der Waals surface area contributed by atoms with Crippen LogP contribution in [0.5, 0.6) is 5.75 Å². The fourth-order valence-corrected chi connectivity index (χ4v) is 4.11. The van der Waals surface area contributed by atoms with Crippen molar-refractivity contribution in [3.05, 3.63) is 34.4 Å². The van der Waals surface area contributed by atoms with Gasteiger partial charge in [-0.05, 0) is 61.3 Å². The van der Waals surface area contributed by atoms with Crippen LogP contribution in [0.15, 0.2) is 28.7 Å². The molecule has 0 N–H and O–H groups in total. The van der Waals surface area contributed by atoms with E-state index >= 15 is 0 Å². The van der Waals surface area contributed by atoms with Gasteiger partial charge in [0.25, 0.3) is 0 Å². The first kappa shape index (κ1) is 17.4. The zero-order valence-electron chi connectivity index (χ0n) is 14.5. The van der Waals surface area contributed by atoms with Gasteiger partial charge in [-0.25, -0.2) is 4.98 Å². The van der Waals surface area contributed by atoms with E-state index in [1.807, 2.05) is 18.2 Å². The van der Waals surface area contributed by atoms with Crippen molar-refractivity contribution in [1.82, 2.24) is 4.98 Å². The number of rotatable bonds is 3. The highest BCUT2D eigenvalue weighted by Gasteiger charge is 2.30.